The summed E-state index contributed by atoms with van der Waals surface area (Å²) < 4.78 is 3.12. The highest BCUT2D eigenvalue weighted by Gasteiger charge is 2.30. The number of phenolic OH excluding ortho intramolecular Hbond substituents is 1. The van der Waals surface area contributed by atoms with Crippen LogP contribution in [0.25, 0.3) is 11.3 Å². The molecule has 2 amide bonds. The first-order valence-corrected chi connectivity index (χ1v) is 11.2. The van der Waals surface area contributed by atoms with Crippen LogP contribution < -0.4 is 10.6 Å². The number of aryl methyl sites for hydroxylation is 1. The second-order valence-corrected chi connectivity index (χ2v) is 8.48. The first-order chi connectivity index (χ1) is 16.5. The van der Waals surface area contributed by atoms with Crippen LogP contribution in [0.4, 0.5) is 10.5 Å². The standard InChI is InChI=1S/C26H25N5O3/c1-30-13-5-8-22(30)25(33)28-19-11-12-24(32)20(14-19)21-15-23(18-9-10-18)31(29-21)26(34)27-16-17-6-3-2-4-7-17/h2-8,11-15,18,32H,9-10,16H2,1H3,(H,27,34)(H,28,33). The molecule has 0 unspecified atom stereocenters. The van der Waals surface area contributed by atoms with E-state index in [1.165, 1.54) is 10.7 Å². The minimum Gasteiger partial charge on any atom is -0.507 e. The van der Waals surface area contributed by atoms with Gasteiger partial charge in [-0.05, 0) is 54.8 Å². The van der Waals surface area contributed by atoms with E-state index in [9.17, 15) is 14.7 Å². The van der Waals surface area contributed by atoms with Gasteiger partial charge in [-0.2, -0.15) is 9.78 Å². The molecule has 0 radical (unpaired) electrons. The number of amides is 2. The molecule has 2 aromatic heterocycles. The number of nitrogens with zero attached hydrogens (tertiary/aromatic N) is 3. The van der Waals surface area contributed by atoms with Gasteiger partial charge in [-0.1, -0.05) is 30.3 Å². The maximum absolute atomic E-state index is 12.9. The molecule has 4 aromatic rings. The lowest BCUT2D eigenvalue weighted by atomic mass is 10.1. The van der Waals surface area contributed by atoms with E-state index in [2.05, 4.69) is 15.7 Å². The van der Waals surface area contributed by atoms with Gasteiger partial charge in [0.15, 0.2) is 0 Å². The van der Waals surface area contributed by atoms with E-state index in [-0.39, 0.29) is 23.6 Å². The largest absolute Gasteiger partial charge is 0.507 e. The summed E-state index contributed by atoms with van der Waals surface area (Å²) in [7, 11) is 1.80. The molecular weight excluding hydrogens is 430 g/mol. The lowest BCUT2D eigenvalue weighted by Crippen LogP contribution is -2.30. The first-order valence-electron chi connectivity index (χ1n) is 11.2. The summed E-state index contributed by atoms with van der Waals surface area (Å²) >= 11 is 0. The van der Waals surface area contributed by atoms with Crippen molar-refractivity contribution in [1.82, 2.24) is 19.7 Å². The van der Waals surface area contributed by atoms with Crippen molar-refractivity contribution < 1.29 is 14.7 Å². The zero-order valence-corrected chi connectivity index (χ0v) is 18.7. The van der Waals surface area contributed by atoms with Crippen molar-refractivity contribution in [3.05, 3.63) is 89.9 Å². The highest BCUT2D eigenvalue weighted by molar-refractivity contribution is 6.03. The van der Waals surface area contributed by atoms with Crippen molar-refractivity contribution in [2.24, 2.45) is 7.05 Å². The molecule has 0 spiro atoms. The van der Waals surface area contributed by atoms with Gasteiger partial charge in [-0.25, -0.2) is 4.79 Å². The molecule has 3 N–H and O–H groups in total. The fourth-order valence-corrected chi connectivity index (χ4v) is 3.92. The van der Waals surface area contributed by atoms with Crippen molar-refractivity contribution in [3.8, 4) is 17.0 Å². The van der Waals surface area contributed by atoms with Crippen LogP contribution in [0.2, 0.25) is 0 Å². The fraction of sp³-hybridized carbons (Fsp3) is 0.192. The van der Waals surface area contributed by atoms with Crippen molar-refractivity contribution in [2.45, 2.75) is 25.3 Å². The predicted octanol–water partition coefficient (Wildman–Crippen LogP) is 4.48. The van der Waals surface area contributed by atoms with Crippen molar-refractivity contribution in [1.29, 1.82) is 0 Å². The molecule has 2 aromatic carbocycles. The van der Waals surface area contributed by atoms with Gasteiger partial charge in [-0.3, -0.25) is 4.79 Å². The van der Waals surface area contributed by atoms with E-state index in [4.69, 9.17) is 0 Å². The van der Waals surface area contributed by atoms with Crippen LogP contribution in [-0.2, 0) is 13.6 Å². The minimum atomic E-state index is -0.315. The third kappa shape index (κ3) is 4.43. The molecule has 0 aliphatic heterocycles. The second-order valence-electron chi connectivity index (χ2n) is 8.48. The highest BCUT2D eigenvalue weighted by atomic mass is 16.3. The Bertz CT molecular complexity index is 1350. The molecule has 2 heterocycles. The van der Waals surface area contributed by atoms with Crippen LogP contribution in [0.3, 0.4) is 0 Å². The quantitative estimate of drug-likeness (QED) is 0.373. The van der Waals surface area contributed by atoms with Gasteiger partial charge >= 0.3 is 6.03 Å². The molecule has 1 aliphatic carbocycles. The molecule has 34 heavy (non-hydrogen) atoms. The summed E-state index contributed by atoms with van der Waals surface area (Å²) in [4.78, 5) is 25.5. The van der Waals surface area contributed by atoms with Gasteiger partial charge in [0.25, 0.3) is 5.91 Å². The number of hydrogen-bond acceptors (Lipinski definition) is 4. The number of hydrogen-bond donors (Lipinski definition) is 3. The molecule has 0 saturated heterocycles. The Kier molecular flexibility index (Phi) is 5.63. The van der Waals surface area contributed by atoms with Gasteiger partial charge in [0, 0.05) is 37.0 Å². The van der Waals surface area contributed by atoms with Crippen molar-refractivity contribution in [2.75, 3.05) is 5.32 Å². The summed E-state index contributed by atoms with van der Waals surface area (Å²) in [5, 5.41) is 20.8. The number of benzene rings is 2. The Hall–Kier alpha value is -4.33. The van der Waals surface area contributed by atoms with Crippen LogP contribution in [0.15, 0.2) is 72.9 Å². The molecule has 8 nitrogen and oxygen atoms in total. The smallest absolute Gasteiger partial charge is 0.342 e. The average Bonchev–Trinajstić information content (AvgIpc) is 3.44. The molecule has 1 aliphatic rings. The van der Waals surface area contributed by atoms with Gasteiger partial charge < -0.3 is 20.3 Å². The Morgan fingerprint density at radius 3 is 2.56 bits per heavy atom. The molecule has 0 bridgehead atoms. The summed E-state index contributed by atoms with van der Waals surface area (Å²) in [5.74, 6) is 0.0354. The molecule has 1 fully saturated rings. The number of phenols is 1. The third-order valence-electron chi connectivity index (χ3n) is 5.92. The van der Waals surface area contributed by atoms with Crippen molar-refractivity contribution in [3.63, 3.8) is 0 Å². The average molecular weight is 456 g/mol. The summed E-state index contributed by atoms with van der Waals surface area (Å²) in [6.45, 7) is 0.394. The van der Waals surface area contributed by atoms with Gasteiger partial charge in [0.05, 0.1) is 11.4 Å². The van der Waals surface area contributed by atoms with Crippen LogP contribution in [0, 0.1) is 0 Å². The molecule has 1 saturated carbocycles. The highest BCUT2D eigenvalue weighted by Crippen LogP contribution is 2.42. The van der Waals surface area contributed by atoms with E-state index in [0.29, 0.717) is 29.2 Å². The maximum atomic E-state index is 12.9. The Morgan fingerprint density at radius 1 is 1.06 bits per heavy atom. The van der Waals surface area contributed by atoms with Crippen molar-refractivity contribution >= 4 is 17.6 Å². The Morgan fingerprint density at radius 2 is 1.85 bits per heavy atom. The molecular formula is C26H25N5O3. The zero-order valence-electron chi connectivity index (χ0n) is 18.7. The number of carbonyl (C=O) groups is 2. The number of rotatable bonds is 6. The summed E-state index contributed by atoms with van der Waals surface area (Å²) in [6.07, 6.45) is 3.79. The summed E-state index contributed by atoms with van der Waals surface area (Å²) in [6, 6.07) is 19.5. The van der Waals surface area contributed by atoms with Crippen LogP contribution in [-0.4, -0.2) is 31.4 Å². The number of nitrogens with one attached hydrogen (secondary N) is 2. The van der Waals surface area contributed by atoms with E-state index in [0.717, 1.165) is 24.1 Å². The number of aromatic nitrogens is 3. The monoisotopic (exact) mass is 455 g/mol. The van der Waals surface area contributed by atoms with Gasteiger partial charge in [-0.15, -0.1) is 0 Å². The Balaban J connectivity index is 1.40. The summed E-state index contributed by atoms with van der Waals surface area (Å²) in [5.41, 5.74) is 3.78. The van der Waals surface area contributed by atoms with Crippen LogP contribution >= 0.6 is 0 Å². The van der Waals surface area contributed by atoms with E-state index in [1.54, 1.807) is 42.1 Å². The molecule has 172 valence electrons. The normalized spacial score (nSPS) is 13.0. The maximum Gasteiger partial charge on any atom is 0.342 e. The number of carbonyl (C=O) groups excluding carboxylic acids is 2. The lowest BCUT2D eigenvalue weighted by Gasteiger charge is -2.09. The predicted molar refractivity (Wildman–Crippen MR) is 129 cm³/mol. The molecule has 8 heteroatoms. The van der Waals surface area contributed by atoms with E-state index >= 15 is 0 Å². The molecule has 5 rings (SSSR count). The zero-order chi connectivity index (χ0) is 23.7. The first kappa shape index (κ1) is 21.5. The van der Waals surface area contributed by atoms with Gasteiger partial charge in [0.2, 0.25) is 0 Å². The van der Waals surface area contributed by atoms with E-state index < -0.39 is 0 Å². The molecule has 0 atom stereocenters. The van der Waals surface area contributed by atoms with Crippen LogP contribution in [0.1, 0.15) is 40.5 Å². The SMILES string of the molecule is Cn1cccc1C(=O)Nc1ccc(O)c(-c2cc(C3CC3)n(C(=O)NCc3ccccc3)n2)c1. The van der Waals surface area contributed by atoms with Crippen LogP contribution in [0.5, 0.6) is 5.75 Å². The topological polar surface area (TPSA) is 101 Å². The second kappa shape index (κ2) is 8.90. The fourth-order valence-electron chi connectivity index (χ4n) is 3.92. The third-order valence-corrected chi connectivity index (χ3v) is 5.92. The van der Waals surface area contributed by atoms with E-state index in [1.807, 2.05) is 36.4 Å². The minimum absolute atomic E-state index is 0.0218. The lowest BCUT2D eigenvalue weighted by molar-refractivity contribution is 0.101. The Labute approximate surface area is 196 Å². The van der Waals surface area contributed by atoms with Gasteiger partial charge in [0.1, 0.15) is 11.4 Å². The number of anilines is 1. The number of aromatic hydroxyl groups is 1.